The fraction of sp³-hybridized carbons (Fsp3) is 0.222. The molecule has 0 bridgehead atoms. The number of carbonyl (C=O) groups is 1. The van der Waals surface area contributed by atoms with Gasteiger partial charge in [0.15, 0.2) is 4.34 Å². The molecular formula is C18H18N2O2S2. The molecule has 1 aromatic heterocycles. The van der Waals surface area contributed by atoms with E-state index in [1.807, 2.05) is 62.4 Å². The molecule has 0 saturated carbocycles. The van der Waals surface area contributed by atoms with Gasteiger partial charge in [-0.25, -0.2) is 4.98 Å². The van der Waals surface area contributed by atoms with Gasteiger partial charge in [-0.3, -0.25) is 4.79 Å². The summed E-state index contributed by atoms with van der Waals surface area (Å²) in [4.78, 5) is 16.9. The van der Waals surface area contributed by atoms with Crippen molar-refractivity contribution in [3.05, 3.63) is 48.5 Å². The van der Waals surface area contributed by atoms with Crippen LogP contribution in [-0.2, 0) is 4.79 Å². The SMILES string of the molecule is CCOc1ccc2nc(SC(C)C(=O)Nc3ccccc3)sc2c1. The number of carbonyl (C=O) groups excluding carboxylic acids is 1. The number of hydrogen-bond donors (Lipinski definition) is 1. The molecule has 3 rings (SSSR count). The van der Waals surface area contributed by atoms with Crippen molar-refractivity contribution in [1.82, 2.24) is 4.98 Å². The molecule has 0 aliphatic carbocycles. The van der Waals surface area contributed by atoms with Gasteiger partial charge < -0.3 is 10.1 Å². The van der Waals surface area contributed by atoms with Gasteiger partial charge in [0.1, 0.15) is 5.75 Å². The quantitative estimate of drug-likeness (QED) is 0.642. The Labute approximate surface area is 149 Å². The highest BCUT2D eigenvalue weighted by atomic mass is 32.2. The third kappa shape index (κ3) is 4.07. The number of aromatic nitrogens is 1. The predicted molar refractivity (Wildman–Crippen MR) is 101 cm³/mol. The Kier molecular flexibility index (Phi) is 5.37. The highest BCUT2D eigenvalue weighted by Crippen LogP contribution is 2.34. The van der Waals surface area contributed by atoms with Crippen molar-refractivity contribution >= 4 is 44.9 Å². The summed E-state index contributed by atoms with van der Waals surface area (Å²) in [7, 11) is 0. The number of nitrogens with one attached hydrogen (secondary N) is 1. The van der Waals surface area contributed by atoms with Crippen LogP contribution in [0.25, 0.3) is 10.2 Å². The van der Waals surface area contributed by atoms with Gasteiger partial charge in [0.2, 0.25) is 5.91 Å². The lowest BCUT2D eigenvalue weighted by molar-refractivity contribution is -0.115. The number of fused-ring (bicyclic) bond motifs is 1. The zero-order valence-corrected chi connectivity index (χ0v) is 15.1. The maximum absolute atomic E-state index is 12.3. The summed E-state index contributed by atoms with van der Waals surface area (Å²) in [5.41, 5.74) is 1.74. The molecule has 4 nitrogen and oxygen atoms in total. The molecule has 124 valence electrons. The van der Waals surface area contributed by atoms with Gasteiger partial charge in [-0.1, -0.05) is 30.0 Å². The highest BCUT2D eigenvalue weighted by molar-refractivity contribution is 8.02. The average Bonchev–Trinajstić information content (AvgIpc) is 2.97. The van der Waals surface area contributed by atoms with Crippen LogP contribution in [0.1, 0.15) is 13.8 Å². The smallest absolute Gasteiger partial charge is 0.237 e. The van der Waals surface area contributed by atoms with Crippen LogP contribution >= 0.6 is 23.1 Å². The van der Waals surface area contributed by atoms with Crippen LogP contribution in [0.3, 0.4) is 0 Å². The number of nitrogens with zero attached hydrogens (tertiary/aromatic N) is 1. The minimum absolute atomic E-state index is 0.0274. The Hall–Kier alpha value is -2.05. The first-order valence-electron chi connectivity index (χ1n) is 7.71. The molecule has 2 aromatic carbocycles. The van der Waals surface area contributed by atoms with E-state index in [9.17, 15) is 4.79 Å². The fourth-order valence-corrected chi connectivity index (χ4v) is 4.40. The third-order valence-corrected chi connectivity index (χ3v) is 5.55. The predicted octanol–water partition coefficient (Wildman–Crippen LogP) is 4.81. The van der Waals surface area contributed by atoms with E-state index in [1.54, 1.807) is 11.3 Å². The molecule has 1 heterocycles. The van der Waals surface area contributed by atoms with Gasteiger partial charge in [-0.2, -0.15) is 0 Å². The van der Waals surface area contributed by atoms with E-state index in [0.29, 0.717) is 6.61 Å². The zero-order chi connectivity index (χ0) is 16.9. The lowest BCUT2D eigenvalue weighted by Crippen LogP contribution is -2.22. The van der Waals surface area contributed by atoms with Gasteiger partial charge in [0.25, 0.3) is 0 Å². The molecule has 3 aromatic rings. The van der Waals surface area contributed by atoms with E-state index in [0.717, 1.165) is 26.0 Å². The van der Waals surface area contributed by atoms with E-state index in [2.05, 4.69) is 10.3 Å². The van der Waals surface area contributed by atoms with E-state index < -0.39 is 0 Å². The van der Waals surface area contributed by atoms with Crippen molar-refractivity contribution in [2.45, 2.75) is 23.4 Å². The second kappa shape index (κ2) is 7.68. The maximum Gasteiger partial charge on any atom is 0.237 e. The Morgan fingerprint density at radius 1 is 1.29 bits per heavy atom. The Morgan fingerprint density at radius 2 is 2.08 bits per heavy atom. The molecule has 0 aliphatic heterocycles. The van der Waals surface area contributed by atoms with Gasteiger partial charge in [-0.15, -0.1) is 11.3 Å². The molecule has 1 N–H and O–H groups in total. The Balaban J connectivity index is 1.68. The molecule has 0 radical (unpaired) electrons. The minimum Gasteiger partial charge on any atom is -0.494 e. The molecule has 6 heteroatoms. The normalized spacial score (nSPS) is 12.1. The highest BCUT2D eigenvalue weighted by Gasteiger charge is 2.17. The van der Waals surface area contributed by atoms with E-state index >= 15 is 0 Å². The average molecular weight is 358 g/mol. The number of thiazole rings is 1. The van der Waals surface area contributed by atoms with E-state index in [1.165, 1.54) is 11.8 Å². The molecular weight excluding hydrogens is 340 g/mol. The second-order valence-corrected chi connectivity index (χ2v) is 7.78. The van der Waals surface area contributed by atoms with Crippen LogP contribution in [0.15, 0.2) is 52.9 Å². The monoisotopic (exact) mass is 358 g/mol. The first kappa shape index (κ1) is 16.8. The van der Waals surface area contributed by atoms with Crippen molar-refractivity contribution in [3.8, 4) is 5.75 Å². The molecule has 24 heavy (non-hydrogen) atoms. The molecule has 0 saturated heterocycles. The van der Waals surface area contributed by atoms with Crippen molar-refractivity contribution in [3.63, 3.8) is 0 Å². The number of rotatable bonds is 6. The standard InChI is InChI=1S/C18H18N2O2S2/c1-3-22-14-9-10-15-16(11-14)24-18(20-15)23-12(2)17(21)19-13-7-5-4-6-8-13/h4-12H,3H2,1-2H3,(H,19,21). The number of hydrogen-bond acceptors (Lipinski definition) is 5. The number of para-hydroxylation sites is 1. The number of amides is 1. The number of ether oxygens (including phenoxy) is 1. The lowest BCUT2D eigenvalue weighted by Gasteiger charge is -2.10. The first-order chi connectivity index (χ1) is 11.7. The van der Waals surface area contributed by atoms with E-state index in [4.69, 9.17) is 4.74 Å². The van der Waals surface area contributed by atoms with Crippen LogP contribution in [0.4, 0.5) is 5.69 Å². The lowest BCUT2D eigenvalue weighted by atomic mass is 10.3. The maximum atomic E-state index is 12.3. The fourth-order valence-electron chi connectivity index (χ4n) is 2.16. The Bertz CT molecular complexity index is 833. The molecule has 1 unspecified atom stereocenters. The van der Waals surface area contributed by atoms with Gasteiger partial charge >= 0.3 is 0 Å². The largest absolute Gasteiger partial charge is 0.494 e. The molecule has 0 fully saturated rings. The zero-order valence-electron chi connectivity index (χ0n) is 13.5. The minimum atomic E-state index is -0.225. The first-order valence-corrected chi connectivity index (χ1v) is 9.41. The van der Waals surface area contributed by atoms with Crippen LogP contribution in [0.2, 0.25) is 0 Å². The summed E-state index contributed by atoms with van der Waals surface area (Å²) in [6, 6.07) is 15.3. The molecule has 1 atom stereocenters. The van der Waals surface area contributed by atoms with Gasteiger partial charge in [-0.05, 0) is 44.2 Å². The summed E-state index contributed by atoms with van der Waals surface area (Å²) >= 11 is 3.05. The third-order valence-electron chi connectivity index (χ3n) is 3.34. The summed E-state index contributed by atoms with van der Waals surface area (Å²) in [6.45, 7) is 4.49. The number of thioether (sulfide) groups is 1. The summed E-state index contributed by atoms with van der Waals surface area (Å²) in [5.74, 6) is 0.820. The molecule has 0 spiro atoms. The molecule has 1 amide bonds. The number of anilines is 1. The Morgan fingerprint density at radius 3 is 2.83 bits per heavy atom. The van der Waals surface area contributed by atoms with E-state index in [-0.39, 0.29) is 11.2 Å². The van der Waals surface area contributed by atoms with Gasteiger partial charge in [0.05, 0.1) is 22.1 Å². The van der Waals surface area contributed by atoms with Crippen molar-refractivity contribution in [1.29, 1.82) is 0 Å². The van der Waals surface area contributed by atoms with Crippen LogP contribution in [-0.4, -0.2) is 22.7 Å². The van der Waals surface area contributed by atoms with Crippen LogP contribution < -0.4 is 10.1 Å². The van der Waals surface area contributed by atoms with Crippen molar-refractivity contribution in [2.24, 2.45) is 0 Å². The second-order valence-electron chi connectivity index (χ2n) is 5.16. The van der Waals surface area contributed by atoms with Crippen molar-refractivity contribution in [2.75, 3.05) is 11.9 Å². The topological polar surface area (TPSA) is 51.2 Å². The van der Waals surface area contributed by atoms with Crippen LogP contribution in [0, 0.1) is 0 Å². The summed E-state index contributed by atoms with van der Waals surface area (Å²) in [6.07, 6.45) is 0. The van der Waals surface area contributed by atoms with Crippen LogP contribution in [0.5, 0.6) is 5.75 Å². The van der Waals surface area contributed by atoms with Crippen molar-refractivity contribution < 1.29 is 9.53 Å². The molecule has 0 aliphatic rings. The van der Waals surface area contributed by atoms with Gasteiger partial charge in [0, 0.05) is 5.69 Å². The summed E-state index contributed by atoms with van der Waals surface area (Å²) in [5, 5.41) is 2.69. The summed E-state index contributed by atoms with van der Waals surface area (Å²) < 4.78 is 7.47. The number of benzene rings is 2.